The molecule has 3 aliphatic heterocycles. The minimum Gasteiger partial charge on any atom is -0.396 e. The summed E-state index contributed by atoms with van der Waals surface area (Å²) in [6.45, 7) is 9.22. The number of nitrogens with zero attached hydrogens (tertiary/aromatic N) is 3. The second-order valence-electron chi connectivity index (χ2n) is 10.8. The smallest absolute Gasteiger partial charge is 0.248 e. The van der Waals surface area contributed by atoms with Crippen molar-refractivity contribution in [2.45, 2.75) is 61.2 Å². The highest BCUT2D eigenvalue weighted by Gasteiger charge is 2.76. The van der Waals surface area contributed by atoms with Crippen LogP contribution < -0.4 is 0 Å². The third-order valence-electron chi connectivity index (χ3n) is 8.27. The summed E-state index contributed by atoms with van der Waals surface area (Å²) < 4.78 is 6.63. The topological polar surface area (TPSA) is 90.4 Å². The lowest BCUT2D eigenvalue weighted by Gasteiger charge is -2.37. The first-order chi connectivity index (χ1) is 18.8. The van der Waals surface area contributed by atoms with Gasteiger partial charge >= 0.3 is 0 Å². The first-order valence-corrected chi connectivity index (χ1v) is 14.7. The van der Waals surface area contributed by atoms with Gasteiger partial charge in [0, 0.05) is 44.7 Å². The summed E-state index contributed by atoms with van der Waals surface area (Å²) >= 11 is 3.73. The van der Waals surface area contributed by atoms with Gasteiger partial charge in [-0.05, 0) is 24.8 Å². The van der Waals surface area contributed by atoms with E-state index in [0.29, 0.717) is 45.4 Å². The van der Waals surface area contributed by atoms with Crippen LogP contribution in [0.3, 0.4) is 0 Å². The van der Waals surface area contributed by atoms with Crippen molar-refractivity contribution in [2.75, 3.05) is 33.3 Å². The molecule has 9 heteroatoms. The Balaban J connectivity index is 1.69. The summed E-state index contributed by atoms with van der Waals surface area (Å²) in [4.78, 5) is 47.1. The average molecular weight is 603 g/mol. The maximum Gasteiger partial charge on any atom is 0.248 e. The van der Waals surface area contributed by atoms with Crippen LogP contribution in [0.2, 0.25) is 0 Å². The van der Waals surface area contributed by atoms with Crippen LogP contribution in [0.4, 0.5) is 0 Å². The lowest BCUT2D eigenvalue weighted by atomic mass is 9.70. The van der Waals surface area contributed by atoms with Gasteiger partial charge in [-0.2, -0.15) is 0 Å². The Kier molecular flexibility index (Phi) is 9.67. The largest absolute Gasteiger partial charge is 0.396 e. The van der Waals surface area contributed by atoms with Gasteiger partial charge in [-0.3, -0.25) is 14.4 Å². The van der Waals surface area contributed by atoms with E-state index in [1.807, 2.05) is 30.3 Å². The Morgan fingerprint density at radius 1 is 1.13 bits per heavy atom. The molecule has 3 unspecified atom stereocenters. The standard InChI is InChI=1S/C30H40BrN3O5/c1-4-15-32(3)27(36)23-24-28(37)34(17-11-6-7-12-18-35)26(30(24)19-22(31)25(23)39-30)29(38)33(16-5-2)20-21-13-9-8-10-14-21/h4-5,8-10,13-14,22-26,35H,1-2,6-7,11-12,15-20H2,3H3/t22?,23-,24+,25-,26?,30?/m1/s1. The SMILES string of the molecule is C=CCN(C)C(=O)[C@H]1[C@@H]2OC3(CC2Br)C(C(=O)N(CC=C)Cc2ccccc2)N(CCCCCCO)C(=O)[C@H]13. The van der Waals surface area contributed by atoms with E-state index >= 15 is 0 Å². The molecule has 3 amide bonds. The highest BCUT2D eigenvalue weighted by atomic mass is 79.9. The maximum atomic E-state index is 14.4. The fraction of sp³-hybridized carbons (Fsp3) is 0.567. The van der Waals surface area contributed by atoms with Crippen molar-refractivity contribution in [3.8, 4) is 0 Å². The molecule has 3 heterocycles. The van der Waals surface area contributed by atoms with Crippen molar-refractivity contribution < 1.29 is 24.2 Å². The van der Waals surface area contributed by atoms with Crippen molar-refractivity contribution in [1.82, 2.24) is 14.7 Å². The third-order valence-corrected chi connectivity index (χ3v) is 9.12. The highest BCUT2D eigenvalue weighted by molar-refractivity contribution is 9.09. The fourth-order valence-corrected chi connectivity index (χ4v) is 7.52. The highest BCUT2D eigenvalue weighted by Crippen LogP contribution is 2.60. The molecule has 6 atom stereocenters. The van der Waals surface area contributed by atoms with Gasteiger partial charge in [-0.25, -0.2) is 0 Å². The van der Waals surface area contributed by atoms with E-state index in [4.69, 9.17) is 9.84 Å². The van der Waals surface area contributed by atoms with E-state index in [0.717, 1.165) is 18.4 Å². The summed E-state index contributed by atoms with van der Waals surface area (Å²) in [6.07, 6.45) is 6.44. The number of likely N-dealkylation sites (N-methyl/N-ethyl adjacent to an activating group) is 1. The number of carbonyl (C=O) groups is 3. The Morgan fingerprint density at radius 2 is 1.82 bits per heavy atom. The number of alkyl halides is 1. The van der Waals surface area contributed by atoms with Crippen molar-refractivity contribution in [2.24, 2.45) is 11.8 Å². The van der Waals surface area contributed by atoms with Crippen LogP contribution in [0.25, 0.3) is 0 Å². The van der Waals surface area contributed by atoms with Crippen molar-refractivity contribution in [3.63, 3.8) is 0 Å². The number of carbonyl (C=O) groups excluding carboxylic acids is 3. The van der Waals surface area contributed by atoms with Crippen LogP contribution in [-0.2, 0) is 25.7 Å². The van der Waals surface area contributed by atoms with Crippen LogP contribution in [0.5, 0.6) is 0 Å². The van der Waals surface area contributed by atoms with E-state index in [-0.39, 0.29) is 29.2 Å². The number of amides is 3. The van der Waals surface area contributed by atoms with Crippen LogP contribution in [-0.4, -0.2) is 93.4 Å². The summed E-state index contributed by atoms with van der Waals surface area (Å²) in [6, 6.07) is 8.92. The zero-order valence-corrected chi connectivity index (χ0v) is 24.3. The molecule has 0 saturated carbocycles. The summed E-state index contributed by atoms with van der Waals surface area (Å²) in [7, 11) is 1.71. The third kappa shape index (κ3) is 5.58. The molecule has 212 valence electrons. The molecule has 3 saturated heterocycles. The molecule has 2 bridgehead atoms. The molecule has 1 aromatic carbocycles. The van der Waals surface area contributed by atoms with Gasteiger partial charge in [-0.15, -0.1) is 13.2 Å². The molecular formula is C30H40BrN3O5. The summed E-state index contributed by atoms with van der Waals surface area (Å²) in [5.41, 5.74) is -0.0976. The van der Waals surface area contributed by atoms with E-state index in [1.54, 1.807) is 33.9 Å². The zero-order chi connectivity index (χ0) is 28.2. The Hall–Kier alpha value is -2.49. The normalized spacial score (nSPS) is 28.8. The second kappa shape index (κ2) is 12.8. The lowest BCUT2D eigenvalue weighted by molar-refractivity contribution is -0.148. The molecule has 1 aromatic rings. The molecule has 8 nitrogen and oxygen atoms in total. The number of rotatable bonds is 14. The zero-order valence-electron chi connectivity index (χ0n) is 22.7. The van der Waals surface area contributed by atoms with E-state index in [1.165, 1.54) is 0 Å². The van der Waals surface area contributed by atoms with Gasteiger partial charge in [0.25, 0.3) is 0 Å². The maximum absolute atomic E-state index is 14.4. The molecule has 1 N–H and O–H groups in total. The Bertz CT molecular complexity index is 1070. The number of ether oxygens (including phenoxy) is 1. The van der Waals surface area contributed by atoms with Crippen LogP contribution in [0, 0.1) is 11.8 Å². The Labute approximate surface area is 239 Å². The minimum absolute atomic E-state index is 0.134. The number of fused-ring (bicyclic) bond motifs is 1. The quantitative estimate of drug-likeness (QED) is 0.201. The van der Waals surface area contributed by atoms with E-state index in [9.17, 15) is 14.4 Å². The molecule has 0 aliphatic carbocycles. The molecular weight excluding hydrogens is 562 g/mol. The van der Waals surface area contributed by atoms with Gasteiger partial charge in [-0.1, -0.05) is 71.3 Å². The molecule has 1 spiro atoms. The van der Waals surface area contributed by atoms with Crippen molar-refractivity contribution in [3.05, 3.63) is 61.2 Å². The Morgan fingerprint density at radius 3 is 2.49 bits per heavy atom. The number of likely N-dealkylation sites (tertiary alicyclic amines) is 1. The number of unbranched alkanes of at least 4 members (excludes halogenated alkanes) is 3. The van der Waals surface area contributed by atoms with E-state index in [2.05, 4.69) is 29.1 Å². The molecule has 3 aliphatic rings. The molecule has 0 radical (unpaired) electrons. The predicted octanol–water partition coefficient (Wildman–Crippen LogP) is 3.15. The summed E-state index contributed by atoms with van der Waals surface area (Å²) in [5, 5.41) is 9.15. The van der Waals surface area contributed by atoms with Gasteiger partial charge in [0.15, 0.2) is 0 Å². The van der Waals surface area contributed by atoms with Gasteiger partial charge in [0.2, 0.25) is 17.7 Å². The molecule has 39 heavy (non-hydrogen) atoms. The van der Waals surface area contributed by atoms with E-state index < -0.39 is 29.6 Å². The van der Waals surface area contributed by atoms with Crippen LogP contribution in [0.1, 0.15) is 37.7 Å². The predicted molar refractivity (Wildman–Crippen MR) is 153 cm³/mol. The molecule has 3 fully saturated rings. The number of hydrogen-bond acceptors (Lipinski definition) is 5. The number of benzene rings is 1. The first kappa shape index (κ1) is 29.5. The number of aliphatic hydroxyl groups is 1. The monoisotopic (exact) mass is 601 g/mol. The van der Waals surface area contributed by atoms with Crippen LogP contribution >= 0.6 is 15.9 Å². The molecule has 0 aromatic heterocycles. The first-order valence-electron chi connectivity index (χ1n) is 13.8. The minimum atomic E-state index is -1.08. The van der Waals surface area contributed by atoms with Gasteiger partial charge in [0.1, 0.15) is 11.6 Å². The van der Waals surface area contributed by atoms with Crippen LogP contribution in [0.15, 0.2) is 55.6 Å². The number of halogens is 1. The van der Waals surface area contributed by atoms with Crippen molar-refractivity contribution >= 4 is 33.7 Å². The van der Waals surface area contributed by atoms with Gasteiger partial charge in [0.05, 0.1) is 17.9 Å². The van der Waals surface area contributed by atoms with Gasteiger partial charge < -0.3 is 24.5 Å². The second-order valence-corrected chi connectivity index (χ2v) is 12.0. The summed E-state index contributed by atoms with van der Waals surface area (Å²) in [5.74, 6) is -1.91. The molecule has 4 rings (SSSR count). The lowest BCUT2D eigenvalue weighted by Crippen LogP contribution is -2.56. The number of aliphatic hydroxyl groups excluding tert-OH is 1. The van der Waals surface area contributed by atoms with Crippen molar-refractivity contribution in [1.29, 1.82) is 0 Å². The fourth-order valence-electron chi connectivity index (χ4n) is 6.58. The number of hydrogen-bond donors (Lipinski definition) is 1. The average Bonchev–Trinajstić information content (AvgIpc) is 3.51.